The Morgan fingerprint density at radius 2 is 2.07 bits per heavy atom. The summed E-state index contributed by atoms with van der Waals surface area (Å²) in [4.78, 5) is 10.7. The standard InChI is InChI=1S/C12H18O2/c1-3-5-7-11-8-10(9-13)12(14-11)6-4-2/h8-9H,3-7H2,1-2H3. The van der Waals surface area contributed by atoms with Gasteiger partial charge in [-0.1, -0.05) is 20.3 Å². The maximum atomic E-state index is 10.7. The molecule has 0 N–H and O–H groups in total. The topological polar surface area (TPSA) is 30.2 Å². The molecule has 0 unspecified atom stereocenters. The fourth-order valence-electron chi connectivity index (χ4n) is 1.50. The van der Waals surface area contributed by atoms with Gasteiger partial charge in [-0.2, -0.15) is 0 Å². The zero-order valence-corrected chi connectivity index (χ0v) is 9.01. The van der Waals surface area contributed by atoms with Crippen LogP contribution in [0.5, 0.6) is 0 Å². The van der Waals surface area contributed by atoms with Gasteiger partial charge in [-0.15, -0.1) is 0 Å². The Morgan fingerprint density at radius 1 is 1.29 bits per heavy atom. The number of rotatable bonds is 6. The van der Waals surface area contributed by atoms with Crippen LogP contribution in [-0.2, 0) is 12.8 Å². The molecule has 0 fully saturated rings. The van der Waals surface area contributed by atoms with Gasteiger partial charge >= 0.3 is 0 Å². The number of hydrogen-bond acceptors (Lipinski definition) is 2. The summed E-state index contributed by atoms with van der Waals surface area (Å²) in [5, 5.41) is 0. The van der Waals surface area contributed by atoms with E-state index in [1.54, 1.807) is 0 Å². The summed E-state index contributed by atoms with van der Waals surface area (Å²) in [6, 6.07) is 1.88. The van der Waals surface area contributed by atoms with Crippen molar-refractivity contribution in [2.75, 3.05) is 0 Å². The lowest BCUT2D eigenvalue weighted by atomic mass is 10.1. The van der Waals surface area contributed by atoms with E-state index in [2.05, 4.69) is 13.8 Å². The minimum atomic E-state index is 0.734. The summed E-state index contributed by atoms with van der Waals surface area (Å²) in [6.45, 7) is 4.24. The molecule has 1 heterocycles. The van der Waals surface area contributed by atoms with Gasteiger partial charge in [-0.25, -0.2) is 0 Å². The van der Waals surface area contributed by atoms with Crippen molar-refractivity contribution in [3.63, 3.8) is 0 Å². The zero-order valence-electron chi connectivity index (χ0n) is 9.01. The highest BCUT2D eigenvalue weighted by atomic mass is 16.3. The quantitative estimate of drug-likeness (QED) is 0.650. The number of carbonyl (C=O) groups excluding carboxylic acids is 1. The predicted molar refractivity (Wildman–Crippen MR) is 56.7 cm³/mol. The molecule has 0 atom stereocenters. The molecule has 0 radical (unpaired) electrons. The van der Waals surface area contributed by atoms with E-state index in [1.165, 1.54) is 0 Å². The van der Waals surface area contributed by atoms with E-state index in [9.17, 15) is 4.79 Å². The van der Waals surface area contributed by atoms with Gasteiger partial charge in [-0.05, 0) is 18.9 Å². The molecule has 1 aromatic heterocycles. The molecule has 2 nitrogen and oxygen atoms in total. The van der Waals surface area contributed by atoms with Gasteiger partial charge in [0, 0.05) is 12.8 Å². The van der Waals surface area contributed by atoms with Crippen LogP contribution < -0.4 is 0 Å². The molecule has 0 aliphatic heterocycles. The highest BCUT2D eigenvalue weighted by Crippen LogP contribution is 2.17. The number of aryl methyl sites for hydroxylation is 2. The van der Waals surface area contributed by atoms with E-state index in [-0.39, 0.29) is 0 Å². The zero-order chi connectivity index (χ0) is 10.4. The molecule has 0 saturated carbocycles. The van der Waals surface area contributed by atoms with E-state index in [0.29, 0.717) is 0 Å². The summed E-state index contributed by atoms with van der Waals surface area (Å²) in [5.74, 6) is 1.81. The van der Waals surface area contributed by atoms with Crippen LogP contribution in [0.2, 0.25) is 0 Å². The Kier molecular flexibility index (Phi) is 4.44. The van der Waals surface area contributed by atoms with Crippen molar-refractivity contribution in [1.29, 1.82) is 0 Å². The second-order valence-electron chi connectivity index (χ2n) is 3.56. The van der Waals surface area contributed by atoms with Crippen LogP contribution in [0.4, 0.5) is 0 Å². The molecule has 0 aliphatic carbocycles. The molecule has 0 spiro atoms. The van der Waals surface area contributed by atoms with Crippen molar-refractivity contribution in [3.05, 3.63) is 23.2 Å². The Bertz CT molecular complexity index is 287. The first-order valence-electron chi connectivity index (χ1n) is 5.38. The monoisotopic (exact) mass is 194 g/mol. The SMILES string of the molecule is CCCCc1cc(C=O)c(CCC)o1. The van der Waals surface area contributed by atoms with Crippen LogP contribution in [0, 0.1) is 0 Å². The van der Waals surface area contributed by atoms with Crippen molar-refractivity contribution in [2.24, 2.45) is 0 Å². The molecule has 0 amide bonds. The van der Waals surface area contributed by atoms with E-state index in [1.807, 2.05) is 6.07 Å². The van der Waals surface area contributed by atoms with E-state index < -0.39 is 0 Å². The van der Waals surface area contributed by atoms with Gasteiger partial charge < -0.3 is 4.42 Å². The van der Waals surface area contributed by atoms with Crippen LogP contribution in [0.3, 0.4) is 0 Å². The van der Waals surface area contributed by atoms with Gasteiger partial charge in [0.2, 0.25) is 0 Å². The highest BCUT2D eigenvalue weighted by molar-refractivity contribution is 5.76. The minimum absolute atomic E-state index is 0.734. The molecule has 2 heteroatoms. The summed E-state index contributed by atoms with van der Waals surface area (Å²) in [6.07, 6.45) is 5.99. The fourth-order valence-corrected chi connectivity index (χ4v) is 1.50. The van der Waals surface area contributed by atoms with Crippen LogP contribution in [-0.4, -0.2) is 6.29 Å². The lowest BCUT2D eigenvalue weighted by molar-refractivity contribution is 0.112. The third-order valence-corrected chi connectivity index (χ3v) is 2.27. The largest absolute Gasteiger partial charge is 0.465 e. The van der Waals surface area contributed by atoms with Gasteiger partial charge in [0.1, 0.15) is 11.5 Å². The van der Waals surface area contributed by atoms with Crippen molar-refractivity contribution in [3.8, 4) is 0 Å². The number of hydrogen-bond donors (Lipinski definition) is 0. The molecule has 14 heavy (non-hydrogen) atoms. The summed E-state index contributed by atoms with van der Waals surface area (Å²) in [7, 11) is 0. The van der Waals surface area contributed by atoms with E-state index >= 15 is 0 Å². The number of aldehydes is 1. The molecule has 0 bridgehead atoms. The third-order valence-electron chi connectivity index (χ3n) is 2.27. The molecule has 1 rings (SSSR count). The van der Waals surface area contributed by atoms with E-state index in [4.69, 9.17) is 4.42 Å². The average Bonchev–Trinajstić information content (AvgIpc) is 2.58. The lowest BCUT2D eigenvalue weighted by Gasteiger charge is -1.94. The first kappa shape index (κ1) is 11.0. The van der Waals surface area contributed by atoms with Gasteiger partial charge in [-0.3, -0.25) is 4.79 Å². The number of carbonyl (C=O) groups is 1. The van der Waals surface area contributed by atoms with Crippen LogP contribution >= 0.6 is 0 Å². The molecule has 0 aliphatic rings. The fraction of sp³-hybridized carbons (Fsp3) is 0.583. The third kappa shape index (κ3) is 2.72. The van der Waals surface area contributed by atoms with Gasteiger partial charge in [0.25, 0.3) is 0 Å². The molecule has 0 saturated heterocycles. The van der Waals surface area contributed by atoms with Crippen molar-refractivity contribution >= 4 is 6.29 Å². The van der Waals surface area contributed by atoms with Gasteiger partial charge in [0.15, 0.2) is 6.29 Å². The van der Waals surface area contributed by atoms with Crippen molar-refractivity contribution in [1.82, 2.24) is 0 Å². The summed E-state index contributed by atoms with van der Waals surface area (Å²) >= 11 is 0. The molecular weight excluding hydrogens is 176 g/mol. The second kappa shape index (κ2) is 5.63. The normalized spacial score (nSPS) is 10.4. The van der Waals surface area contributed by atoms with E-state index in [0.717, 1.165) is 55.5 Å². The minimum Gasteiger partial charge on any atom is -0.465 e. The lowest BCUT2D eigenvalue weighted by Crippen LogP contribution is -1.84. The Labute approximate surface area is 85.3 Å². The number of unbranched alkanes of at least 4 members (excludes halogenated alkanes) is 1. The van der Waals surface area contributed by atoms with Gasteiger partial charge in [0.05, 0.1) is 5.56 Å². The first-order chi connectivity index (χ1) is 6.81. The molecule has 0 aromatic carbocycles. The average molecular weight is 194 g/mol. The molecule has 1 aromatic rings. The highest BCUT2D eigenvalue weighted by Gasteiger charge is 2.08. The van der Waals surface area contributed by atoms with Crippen molar-refractivity contribution < 1.29 is 9.21 Å². The Balaban J connectivity index is 2.72. The van der Waals surface area contributed by atoms with Crippen LogP contribution in [0.1, 0.15) is 55.0 Å². The van der Waals surface area contributed by atoms with Crippen LogP contribution in [0.25, 0.3) is 0 Å². The maximum absolute atomic E-state index is 10.7. The summed E-state index contributed by atoms with van der Waals surface area (Å²) < 4.78 is 5.62. The summed E-state index contributed by atoms with van der Waals surface area (Å²) in [5.41, 5.74) is 0.734. The Hall–Kier alpha value is -1.05. The molecular formula is C12H18O2. The molecule has 78 valence electrons. The second-order valence-corrected chi connectivity index (χ2v) is 3.56. The predicted octanol–water partition coefficient (Wildman–Crippen LogP) is 3.39. The maximum Gasteiger partial charge on any atom is 0.153 e. The smallest absolute Gasteiger partial charge is 0.153 e. The van der Waals surface area contributed by atoms with Crippen molar-refractivity contribution in [2.45, 2.75) is 46.0 Å². The Morgan fingerprint density at radius 3 is 2.64 bits per heavy atom. The first-order valence-corrected chi connectivity index (χ1v) is 5.38. The van der Waals surface area contributed by atoms with Crippen LogP contribution in [0.15, 0.2) is 10.5 Å². The number of furan rings is 1.